The Morgan fingerprint density at radius 2 is 2.00 bits per heavy atom. The van der Waals surface area contributed by atoms with Crippen LogP contribution in [-0.2, 0) is 0 Å². The summed E-state index contributed by atoms with van der Waals surface area (Å²) < 4.78 is 37.0. The van der Waals surface area contributed by atoms with Crippen LogP contribution in [0.2, 0.25) is 0 Å². The minimum Gasteiger partial charge on any atom is -0.399 e. The molecule has 3 nitrogen and oxygen atoms in total. The second kappa shape index (κ2) is 5.29. The van der Waals surface area contributed by atoms with Gasteiger partial charge in [0.1, 0.15) is 6.54 Å². The maximum atomic E-state index is 12.3. The van der Waals surface area contributed by atoms with Gasteiger partial charge in [-0.2, -0.15) is 13.2 Å². The molecule has 0 aliphatic rings. The van der Waals surface area contributed by atoms with Gasteiger partial charge >= 0.3 is 6.18 Å². The van der Waals surface area contributed by atoms with E-state index in [9.17, 15) is 18.0 Å². The summed E-state index contributed by atoms with van der Waals surface area (Å²) in [5, 5.41) is 0. The van der Waals surface area contributed by atoms with Crippen LogP contribution >= 0.6 is 0 Å². The molecule has 0 bridgehead atoms. The van der Waals surface area contributed by atoms with Crippen molar-refractivity contribution in [1.82, 2.24) is 4.90 Å². The van der Waals surface area contributed by atoms with E-state index in [-0.39, 0.29) is 12.1 Å². The Labute approximate surface area is 103 Å². The number of hydrogen-bond acceptors (Lipinski definition) is 2. The number of nitrogens with zero attached hydrogens (tertiary/aromatic N) is 1. The number of alkyl halides is 3. The highest BCUT2D eigenvalue weighted by atomic mass is 19.4. The van der Waals surface area contributed by atoms with Crippen LogP contribution < -0.4 is 5.73 Å². The van der Waals surface area contributed by atoms with Gasteiger partial charge in [0, 0.05) is 17.8 Å². The third-order valence-electron chi connectivity index (χ3n) is 2.53. The fraction of sp³-hybridized carbons (Fsp3) is 0.417. The van der Waals surface area contributed by atoms with E-state index in [1.54, 1.807) is 19.1 Å². The summed E-state index contributed by atoms with van der Waals surface area (Å²) in [5.41, 5.74) is 6.71. The molecular formula is C12H15F3N2O. The number of amides is 1. The molecule has 2 N–H and O–H groups in total. The average molecular weight is 260 g/mol. The van der Waals surface area contributed by atoms with Gasteiger partial charge in [-0.25, -0.2) is 0 Å². The van der Waals surface area contributed by atoms with Crippen LogP contribution in [0.4, 0.5) is 18.9 Å². The van der Waals surface area contributed by atoms with Gasteiger partial charge in [0.2, 0.25) is 0 Å². The predicted octanol–water partition coefficient (Wildman–Crippen LogP) is 2.60. The van der Waals surface area contributed by atoms with E-state index in [2.05, 4.69) is 0 Å². The lowest BCUT2D eigenvalue weighted by Gasteiger charge is -2.23. The van der Waals surface area contributed by atoms with Crippen molar-refractivity contribution in [3.05, 3.63) is 29.3 Å². The zero-order valence-corrected chi connectivity index (χ0v) is 10.2. The largest absolute Gasteiger partial charge is 0.406 e. The molecule has 0 aliphatic heterocycles. The molecule has 100 valence electrons. The van der Waals surface area contributed by atoms with Crippen molar-refractivity contribution in [2.75, 3.05) is 18.8 Å². The Morgan fingerprint density at radius 1 is 1.39 bits per heavy atom. The van der Waals surface area contributed by atoms with Crippen LogP contribution in [0.3, 0.4) is 0 Å². The van der Waals surface area contributed by atoms with Gasteiger partial charge in [0.25, 0.3) is 5.91 Å². The number of nitrogen functional groups attached to an aromatic ring is 1. The van der Waals surface area contributed by atoms with Crippen LogP contribution in [0, 0.1) is 6.92 Å². The third kappa shape index (κ3) is 3.65. The first-order chi connectivity index (χ1) is 8.24. The molecular weight excluding hydrogens is 245 g/mol. The van der Waals surface area contributed by atoms with Crippen LogP contribution in [0.1, 0.15) is 22.8 Å². The van der Waals surface area contributed by atoms with E-state index in [0.29, 0.717) is 11.3 Å². The lowest BCUT2D eigenvalue weighted by molar-refractivity contribution is -0.140. The quantitative estimate of drug-likeness (QED) is 0.849. The molecule has 1 aromatic carbocycles. The van der Waals surface area contributed by atoms with Crippen molar-refractivity contribution in [3.63, 3.8) is 0 Å². The van der Waals surface area contributed by atoms with Gasteiger partial charge in [-0.05, 0) is 31.5 Å². The number of anilines is 1. The Bertz CT molecular complexity index is 443. The maximum absolute atomic E-state index is 12.3. The van der Waals surface area contributed by atoms with Crippen molar-refractivity contribution in [2.45, 2.75) is 20.0 Å². The molecule has 0 atom stereocenters. The van der Waals surface area contributed by atoms with E-state index in [1.807, 2.05) is 0 Å². The summed E-state index contributed by atoms with van der Waals surface area (Å²) in [5.74, 6) is -0.653. The van der Waals surface area contributed by atoms with E-state index in [4.69, 9.17) is 5.73 Å². The highest BCUT2D eigenvalue weighted by Gasteiger charge is 2.32. The molecule has 0 fully saturated rings. The molecule has 0 aliphatic carbocycles. The van der Waals surface area contributed by atoms with Crippen LogP contribution in [0.25, 0.3) is 0 Å². The van der Waals surface area contributed by atoms with Crippen molar-refractivity contribution >= 4 is 11.6 Å². The van der Waals surface area contributed by atoms with Crippen molar-refractivity contribution in [3.8, 4) is 0 Å². The summed E-state index contributed by atoms with van der Waals surface area (Å²) in [6.45, 7) is 1.91. The fourth-order valence-electron chi connectivity index (χ4n) is 1.58. The summed E-state index contributed by atoms with van der Waals surface area (Å²) in [7, 11) is 0. The standard InChI is InChI=1S/C12H15F3N2O/c1-3-17(7-12(13,14)15)11(18)10-6-9(16)5-4-8(10)2/h4-6H,3,7,16H2,1-2H3. The number of carbonyl (C=O) groups is 1. The molecule has 6 heteroatoms. The smallest absolute Gasteiger partial charge is 0.399 e. The van der Waals surface area contributed by atoms with Crippen LogP contribution in [-0.4, -0.2) is 30.1 Å². The average Bonchev–Trinajstić information content (AvgIpc) is 2.27. The maximum Gasteiger partial charge on any atom is 0.406 e. The number of carbonyl (C=O) groups excluding carboxylic acids is 1. The summed E-state index contributed by atoms with van der Waals surface area (Å²) in [6, 6.07) is 4.62. The normalized spacial score (nSPS) is 11.4. The second-order valence-corrected chi connectivity index (χ2v) is 4.01. The number of halogens is 3. The van der Waals surface area contributed by atoms with E-state index in [1.165, 1.54) is 13.0 Å². The first-order valence-corrected chi connectivity index (χ1v) is 5.46. The van der Waals surface area contributed by atoms with Gasteiger partial charge in [0.05, 0.1) is 0 Å². The molecule has 0 aromatic heterocycles. The van der Waals surface area contributed by atoms with E-state index >= 15 is 0 Å². The predicted molar refractivity (Wildman–Crippen MR) is 63.2 cm³/mol. The minimum atomic E-state index is -4.40. The first kappa shape index (κ1) is 14.3. The molecule has 1 aromatic rings. The summed E-state index contributed by atoms with van der Waals surface area (Å²) >= 11 is 0. The number of nitrogens with two attached hydrogens (primary N) is 1. The fourth-order valence-corrected chi connectivity index (χ4v) is 1.58. The van der Waals surface area contributed by atoms with Crippen molar-refractivity contribution < 1.29 is 18.0 Å². The number of benzene rings is 1. The zero-order chi connectivity index (χ0) is 13.9. The molecule has 0 radical (unpaired) electrons. The summed E-state index contributed by atoms with van der Waals surface area (Å²) in [6.07, 6.45) is -4.40. The molecule has 1 rings (SSSR count). The Morgan fingerprint density at radius 3 is 2.50 bits per heavy atom. The highest BCUT2D eigenvalue weighted by Crippen LogP contribution is 2.20. The van der Waals surface area contributed by atoms with E-state index < -0.39 is 18.6 Å². The Balaban J connectivity index is 3.00. The molecule has 0 saturated heterocycles. The summed E-state index contributed by atoms with van der Waals surface area (Å²) in [4.78, 5) is 12.7. The van der Waals surface area contributed by atoms with E-state index in [0.717, 1.165) is 4.90 Å². The molecule has 1 amide bonds. The Kier molecular flexibility index (Phi) is 4.21. The topological polar surface area (TPSA) is 46.3 Å². The van der Waals surface area contributed by atoms with Gasteiger partial charge in [-0.1, -0.05) is 6.07 Å². The van der Waals surface area contributed by atoms with Gasteiger partial charge in [0.15, 0.2) is 0 Å². The lowest BCUT2D eigenvalue weighted by Crippen LogP contribution is -2.39. The number of rotatable bonds is 3. The third-order valence-corrected chi connectivity index (χ3v) is 2.53. The number of aryl methyl sites for hydroxylation is 1. The lowest BCUT2D eigenvalue weighted by atomic mass is 10.1. The Hall–Kier alpha value is -1.72. The molecule has 0 unspecified atom stereocenters. The monoisotopic (exact) mass is 260 g/mol. The van der Waals surface area contributed by atoms with Crippen LogP contribution in [0.15, 0.2) is 18.2 Å². The minimum absolute atomic E-state index is 0.00736. The van der Waals surface area contributed by atoms with Gasteiger partial charge in [-0.3, -0.25) is 4.79 Å². The van der Waals surface area contributed by atoms with Crippen molar-refractivity contribution in [2.24, 2.45) is 0 Å². The van der Waals surface area contributed by atoms with Crippen molar-refractivity contribution in [1.29, 1.82) is 0 Å². The molecule has 0 heterocycles. The second-order valence-electron chi connectivity index (χ2n) is 4.01. The molecule has 18 heavy (non-hydrogen) atoms. The first-order valence-electron chi connectivity index (χ1n) is 5.46. The number of hydrogen-bond donors (Lipinski definition) is 1. The molecule has 0 spiro atoms. The van der Waals surface area contributed by atoms with Crippen LogP contribution in [0.5, 0.6) is 0 Å². The highest BCUT2D eigenvalue weighted by molar-refractivity contribution is 5.96. The zero-order valence-electron chi connectivity index (χ0n) is 10.2. The molecule has 0 saturated carbocycles. The van der Waals surface area contributed by atoms with Gasteiger partial charge < -0.3 is 10.6 Å². The van der Waals surface area contributed by atoms with Gasteiger partial charge in [-0.15, -0.1) is 0 Å². The SMILES string of the molecule is CCN(CC(F)(F)F)C(=O)c1cc(N)ccc1C.